The molecule has 0 aromatic carbocycles. The first-order valence-corrected chi connectivity index (χ1v) is 7.01. The summed E-state index contributed by atoms with van der Waals surface area (Å²) in [5.74, 6) is 1.58. The summed E-state index contributed by atoms with van der Waals surface area (Å²) in [6.45, 7) is 4.39. The number of anilines is 1. The molecule has 0 radical (unpaired) electrons. The van der Waals surface area contributed by atoms with E-state index in [1.165, 1.54) is 0 Å². The van der Waals surface area contributed by atoms with Crippen molar-refractivity contribution in [3.05, 3.63) is 24.0 Å². The molecule has 1 fully saturated rings. The Morgan fingerprint density at radius 2 is 2.16 bits per heavy atom. The molecule has 3 rings (SSSR count). The molecule has 1 saturated heterocycles. The fourth-order valence-corrected chi connectivity index (χ4v) is 2.70. The van der Waals surface area contributed by atoms with Crippen molar-refractivity contribution < 1.29 is 5.11 Å². The van der Waals surface area contributed by atoms with E-state index in [1.807, 2.05) is 10.6 Å². The lowest BCUT2D eigenvalue weighted by Gasteiger charge is -2.32. The topological polar surface area (TPSA) is 53.7 Å². The van der Waals surface area contributed by atoms with Gasteiger partial charge in [0.15, 0.2) is 5.65 Å². The maximum Gasteiger partial charge on any atom is 0.157 e. The third-order valence-corrected chi connectivity index (χ3v) is 3.95. The first-order chi connectivity index (χ1) is 9.31. The maximum atomic E-state index is 9.22. The minimum Gasteiger partial charge on any atom is -0.396 e. The van der Waals surface area contributed by atoms with E-state index in [-0.39, 0.29) is 0 Å². The van der Waals surface area contributed by atoms with Gasteiger partial charge in [-0.05, 0) is 25.2 Å². The van der Waals surface area contributed by atoms with E-state index in [0.29, 0.717) is 12.5 Å². The van der Waals surface area contributed by atoms with Gasteiger partial charge in [0.25, 0.3) is 0 Å². The number of hydrogen-bond donors (Lipinski definition) is 1. The predicted octanol–water partition coefficient (Wildman–Crippen LogP) is 1.50. The second-order valence-corrected chi connectivity index (χ2v) is 5.17. The number of aliphatic hydroxyl groups excluding tert-OH is 1. The van der Waals surface area contributed by atoms with Crippen molar-refractivity contribution in [3.8, 4) is 0 Å². The second kappa shape index (κ2) is 5.17. The van der Waals surface area contributed by atoms with Crippen LogP contribution in [-0.4, -0.2) is 39.4 Å². The van der Waals surface area contributed by atoms with Crippen LogP contribution >= 0.6 is 0 Å². The number of aromatic nitrogens is 3. The first-order valence-electron chi connectivity index (χ1n) is 7.01. The Hall–Kier alpha value is -1.62. The fraction of sp³-hybridized carbons (Fsp3) is 0.571. The van der Waals surface area contributed by atoms with E-state index in [4.69, 9.17) is 0 Å². The molecule has 0 atom stereocenters. The summed E-state index contributed by atoms with van der Waals surface area (Å²) in [6.07, 6.45) is 4.82. The SMILES string of the molecule is CCc1cc(N2CCC(CO)CC2)n2nccc2n1. The molecule has 5 nitrogen and oxygen atoms in total. The van der Waals surface area contributed by atoms with Gasteiger partial charge in [-0.2, -0.15) is 9.61 Å². The molecule has 0 unspecified atom stereocenters. The fourth-order valence-electron chi connectivity index (χ4n) is 2.70. The number of aliphatic hydroxyl groups is 1. The molecular weight excluding hydrogens is 240 g/mol. The summed E-state index contributed by atoms with van der Waals surface area (Å²) in [7, 11) is 0. The van der Waals surface area contributed by atoms with Crippen LogP contribution in [0.3, 0.4) is 0 Å². The molecule has 3 heterocycles. The summed E-state index contributed by atoms with van der Waals surface area (Å²) in [6, 6.07) is 4.09. The van der Waals surface area contributed by atoms with Gasteiger partial charge in [-0.3, -0.25) is 0 Å². The van der Waals surface area contributed by atoms with Gasteiger partial charge >= 0.3 is 0 Å². The Kier molecular flexibility index (Phi) is 3.38. The Labute approximate surface area is 112 Å². The third kappa shape index (κ3) is 2.30. The number of aryl methyl sites for hydroxylation is 1. The van der Waals surface area contributed by atoms with E-state index in [0.717, 1.165) is 49.5 Å². The van der Waals surface area contributed by atoms with Crippen LogP contribution in [0.15, 0.2) is 18.3 Å². The summed E-state index contributed by atoms with van der Waals surface area (Å²) in [4.78, 5) is 6.93. The summed E-state index contributed by atoms with van der Waals surface area (Å²) in [5, 5.41) is 13.6. The highest BCUT2D eigenvalue weighted by Gasteiger charge is 2.21. The monoisotopic (exact) mass is 260 g/mol. The van der Waals surface area contributed by atoms with Gasteiger partial charge in [-0.15, -0.1) is 0 Å². The standard InChI is InChI=1S/C14H20N4O/c1-2-12-9-14(18-13(16-12)3-6-15-18)17-7-4-11(10-19)5-8-17/h3,6,9,11,19H,2,4-5,7-8,10H2,1H3. The zero-order valence-electron chi connectivity index (χ0n) is 11.3. The molecule has 0 aliphatic carbocycles. The number of nitrogens with zero attached hydrogens (tertiary/aromatic N) is 4. The molecular formula is C14H20N4O. The van der Waals surface area contributed by atoms with Gasteiger partial charge in [-0.25, -0.2) is 4.98 Å². The van der Waals surface area contributed by atoms with Gasteiger partial charge in [0.2, 0.25) is 0 Å². The zero-order valence-corrected chi connectivity index (χ0v) is 11.3. The summed E-state index contributed by atoms with van der Waals surface area (Å²) in [5.41, 5.74) is 2.02. The van der Waals surface area contributed by atoms with Crippen LogP contribution in [0.1, 0.15) is 25.5 Å². The lowest BCUT2D eigenvalue weighted by atomic mass is 9.98. The average molecular weight is 260 g/mol. The maximum absolute atomic E-state index is 9.22. The highest BCUT2D eigenvalue weighted by atomic mass is 16.3. The molecule has 0 spiro atoms. The van der Waals surface area contributed by atoms with Gasteiger partial charge < -0.3 is 10.0 Å². The Morgan fingerprint density at radius 1 is 1.37 bits per heavy atom. The molecule has 1 aliphatic rings. The number of fused-ring (bicyclic) bond motifs is 1. The Bertz CT molecular complexity index is 558. The number of piperidine rings is 1. The van der Waals surface area contributed by atoms with Gasteiger partial charge in [0.05, 0.1) is 6.20 Å². The van der Waals surface area contributed by atoms with E-state index < -0.39 is 0 Å². The normalized spacial score (nSPS) is 17.3. The average Bonchev–Trinajstić information content (AvgIpc) is 2.94. The number of rotatable bonds is 3. The molecule has 1 N–H and O–H groups in total. The lowest BCUT2D eigenvalue weighted by Crippen LogP contribution is -2.36. The third-order valence-electron chi connectivity index (χ3n) is 3.95. The van der Waals surface area contributed by atoms with Crippen LogP contribution in [0, 0.1) is 5.92 Å². The van der Waals surface area contributed by atoms with Gasteiger partial charge in [0, 0.05) is 37.5 Å². The van der Waals surface area contributed by atoms with Crippen molar-refractivity contribution in [2.45, 2.75) is 26.2 Å². The van der Waals surface area contributed by atoms with Crippen LogP contribution in [0.4, 0.5) is 5.82 Å². The molecule has 102 valence electrons. The zero-order chi connectivity index (χ0) is 13.2. The Balaban J connectivity index is 1.93. The van der Waals surface area contributed by atoms with Crippen molar-refractivity contribution >= 4 is 11.5 Å². The van der Waals surface area contributed by atoms with E-state index in [1.54, 1.807) is 6.20 Å². The lowest BCUT2D eigenvalue weighted by molar-refractivity contribution is 0.202. The largest absolute Gasteiger partial charge is 0.396 e. The minimum absolute atomic E-state index is 0.307. The van der Waals surface area contributed by atoms with E-state index >= 15 is 0 Å². The molecule has 0 bridgehead atoms. The van der Waals surface area contributed by atoms with Crippen LogP contribution in [0.5, 0.6) is 0 Å². The van der Waals surface area contributed by atoms with Crippen molar-refractivity contribution in [2.24, 2.45) is 5.92 Å². The summed E-state index contributed by atoms with van der Waals surface area (Å²) < 4.78 is 1.92. The molecule has 2 aromatic heterocycles. The van der Waals surface area contributed by atoms with Crippen molar-refractivity contribution in [1.29, 1.82) is 0 Å². The van der Waals surface area contributed by atoms with Gasteiger partial charge in [-0.1, -0.05) is 6.92 Å². The van der Waals surface area contributed by atoms with Crippen molar-refractivity contribution in [1.82, 2.24) is 14.6 Å². The second-order valence-electron chi connectivity index (χ2n) is 5.17. The summed E-state index contributed by atoms with van der Waals surface area (Å²) >= 11 is 0. The Morgan fingerprint density at radius 3 is 2.84 bits per heavy atom. The van der Waals surface area contributed by atoms with Crippen LogP contribution in [0.25, 0.3) is 5.65 Å². The quantitative estimate of drug-likeness (QED) is 0.908. The van der Waals surface area contributed by atoms with E-state index in [9.17, 15) is 5.11 Å². The van der Waals surface area contributed by atoms with Crippen molar-refractivity contribution in [3.63, 3.8) is 0 Å². The molecule has 5 heteroatoms. The molecule has 2 aromatic rings. The molecule has 1 aliphatic heterocycles. The highest BCUT2D eigenvalue weighted by Crippen LogP contribution is 2.24. The van der Waals surface area contributed by atoms with Gasteiger partial charge in [0.1, 0.15) is 5.82 Å². The number of hydrogen-bond acceptors (Lipinski definition) is 4. The highest BCUT2D eigenvalue weighted by molar-refractivity contribution is 5.51. The van der Waals surface area contributed by atoms with Crippen molar-refractivity contribution in [2.75, 3.05) is 24.6 Å². The molecule has 19 heavy (non-hydrogen) atoms. The predicted molar refractivity (Wildman–Crippen MR) is 74.4 cm³/mol. The van der Waals surface area contributed by atoms with Crippen LogP contribution in [-0.2, 0) is 6.42 Å². The van der Waals surface area contributed by atoms with Crippen LogP contribution < -0.4 is 4.90 Å². The smallest absolute Gasteiger partial charge is 0.157 e. The first kappa shape index (κ1) is 12.4. The molecule has 0 amide bonds. The van der Waals surface area contributed by atoms with E-state index in [2.05, 4.69) is 28.0 Å². The van der Waals surface area contributed by atoms with Crippen LogP contribution in [0.2, 0.25) is 0 Å². The molecule has 0 saturated carbocycles. The minimum atomic E-state index is 0.307.